The van der Waals surface area contributed by atoms with Crippen LogP contribution >= 0.6 is 11.6 Å². The van der Waals surface area contributed by atoms with Gasteiger partial charge in [-0.1, -0.05) is 29.8 Å². The molecule has 2 aromatic carbocycles. The molecular weight excluding hydrogens is 394 g/mol. The molecule has 1 aliphatic rings. The summed E-state index contributed by atoms with van der Waals surface area (Å²) in [4.78, 5) is 23.6. The fourth-order valence-electron chi connectivity index (χ4n) is 3.03. The second-order valence-corrected chi connectivity index (χ2v) is 6.75. The Morgan fingerprint density at radius 2 is 1.93 bits per heavy atom. The van der Waals surface area contributed by atoms with E-state index in [4.69, 9.17) is 16.0 Å². The van der Waals surface area contributed by atoms with E-state index in [2.05, 4.69) is 5.10 Å². The Morgan fingerprint density at radius 3 is 2.69 bits per heavy atom. The molecule has 0 radical (unpaired) electrons. The molecule has 144 valence electrons. The molecule has 1 aliphatic heterocycles. The van der Waals surface area contributed by atoms with Crippen molar-refractivity contribution < 1.29 is 14.1 Å². The van der Waals surface area contributed by atoms with Crippen molar-refractivity contribution in [1.82, 2.24) is 0 Å². The third kappa shape index (κ3) is 3.55. The first-order valence-electron chi connectivity index (χ1n) is 8.65. The number of nitro benzene ring substituents is 1. The van der Waals surface area contributed by atoms with Crippen molar-refractivity contribution in [3.05, 3.63) is 87.1 Å². The second kappa shape index (κ2) is 7.37. The van der Waals surface area contributed by atoms with E-state index in [0.717, 1.165) is 0 Å². The van der Waals surface area contributed by atoms with Crippen LogP contribution in [0.4, 0.5) is 11.4 Å². The van der Waals surface area contributed by atoms with Gasteiger partial charge in [0, 0.05) is 11.1 Å². The van der Waals surface area contributed by atoms with Gasteiger partial charge in [-0.15, -0.1) is 0 Å². The smallest absolute Gasteiger partial charge is 0.280 e. The molecule has 2 heterocycles. The van der Waals surface area contributed by atoms with Gasteiger partial charge in [-0.05, 0) is 49.4 Å². The largest absolute Gasteiger partial charge is 0.456 e. The van der Waals surface area contributed by atoms with E-state index >= 15 is 0 Å². The molecule has 4 rings (SSSR count). The van der Waals surface area contributed by atoms with Crippen LogP contribution in [-0.2, 0) is 4.79 Å². The number of hydrogen-bond acceptors (Lipinski definition) is 5. The lowest BCUT2D eigenvalue weighted by atomic mass is 10.1. The lowest BCUT2D eigenvalue weighted by Gasteiger charge is -2.11. The molecular formula is C21H14ClN3O4. The minimum atomic E-state index is -0.462. The predicted molar refractivity (Wildman–Crippen MR) is 111 cm³/mol. The van der Waals surface area contributed by atoms with Crippen LogP contribution in [0, 0.1) is 10.1 Å². The summed E-state index contributed by atoms with van der Waals surface area (Å²) < 4.78 is 5.75. The summed E-state index contributed by atoms with van der Waals surface area (Å²) in [6, 6.07) is 16.4. The van der Waals surface area contributed by atoms with Gasteiger partial charge in [-0.3, -0.25) is 14.9 Å². The standard InChI is InChI=1S/C21H14ClN3O4/c1-13-18(21(26)24(23-13)15-6-4-5-14(22)11-15)12-16-9-10-20(29-16)17-7-2-3-8-19(17)25(27)28/h2-12H,1H3/b18-12+. The van der Waals surface area contributed by atoms with E-state index in [0.29, 0.717) is 39.1 Å². The maximum Gasteiger partial charge on any atom is 0.280 e. The fourth-order valence-corrected chi connectivity index (χ4v) is 3.21. The first kappa shape index (κ1) is 18.6. The van der Waals surface area contributed by atoms with Crippen molar-refractivity contribution in [2.75, 3.05) is 5.01 Å². The van der Waals surface area contributed by atoms with Crippen molar-refractivity contribution in [1.29, 1.82) is 0 Å². The van der Waals surface area contributed by atoms with Crippen molar-refractivity contribution in [2.24, 2.45) is 5.10 Å². The van der Waals surface area contributed by atoms with Gasteiger partial charge in [0.05, 0.1) is 27.5 Å². The average Bonchev–Trinajstić information content (AvgIpc) is 3.28. The molecule has 0 fully saturated rings. The quantitative estimate of drug-likeness (QED) is 0.333. The Hall–Kier alpha value is -3.71. The molecule has 0 bridgehead atoms. The second-order valence-electron chi connectivity index (χ2n) is 6.32. The number of hydrogen-bond donors (Lipinski definition) is 0. The van der Waals surface area contributed by atoms with Crippen LogP contribution < -0.4 is 5.01 Å². The zero-order valence-corrected chi connectivity index (χ0v) is 16.0. The van der Waals surface area contributed by atoms with E-state index in [9.17, 15) is 14.9 Å². The summed E-state index contributed by atoms with van der Waals surface area (Å²) in [5.74, 6) is 0.424. The first-order valence-corrected chi connectivity index (χ1v) is 9.03. The predicted octanol–water partition coefficient (Wildman–Crippen LogP) is 5.31. The summed E-state index contributed by atoms with van der Waals surface area (Å²) in [5.41, 5.74) is 1.77. The molecule has 0 atom stereocenters. The SMILES string of the molecule is CC1=NN(c2cccc(Cl)c2)C(=O)/C1=C/c1ccc(-c2ccccc2[N+](=O)[O-])o1. The molecule has 0 aliphatic carbocycles. The molecule has 7 nitrogen and oxygen atoms in total. The van der Waals surface area contributed by atoms with Crippen molar-refractivity contribution in [3.63, 3.8) is 0 Å². The van der Waals surface area contributed by atoms with Gasteiger partial charge in [0.2, 0.25) is 0 Å². The zero-order chi connectivity index (χ0) is 20.5. The molecule has 29 heavy (non-hydrogen) atoms. The Kier molecular flexibility index (Phi) is 4.74. The number of carbonyl (C=O) groups is 1. The number of anilines is 1. The summed E-state index contributed by atoms with van der Waals surface area (Å²) in [6.07, 6.45) is 1.57. The number of nitro groups is 1. The van der Waals surface area contributed by atoms with Gasteiger partial charge < -0.3 is 4.42 Å². The van der Waals surface area contributed by atoms with Crippen LogP contribution in [0.15, 0.2) is 75.8 Å². The molecule has 0 unspecified atom stereocenters. The lowest BCUT2D eigenvalue weighted by molar-refractivity contribution is -0.384. The Morgan fingerprint density at radius 1 is 1.14 bits per heavy atom. The van der Waals surface area contributed by atoms with Crippen LogP contribution in [0.2, 0.25) is 5.02 Å². The highest BCUT2D eigenvalue weighted by molar-refractivity contribution is 6.33. The van der Waals surface area contributed by atoms with Gasteiger partial charge in [0.1, 0.15) is 11.5 Å². The number of nitrogens with zero attached hydrogens (tertiary/aromatic N) is 3. The monoisotopic (exact) mass is 407 g/mol. The fraction of sp³-hybridized carbons (Fsp3) is 0.0476. The Balaban J connectivity index is 1.66. The minimum absolute atomic E-state index is 0.0529. The Labute approximate surface area is 170 Å². The summed E-state index contributed by atoms with van der Waals surface area (Å²) in [6.45, 7) is 1.72. The third-order valence-corrected chi connectivity index (χ3v) is 4.63. The van der Waals surface area contributed by atoms with Gasteiger partial charge in [-0.25, -0.2) is 0 Å². The van der Waals surface area contributed by atoms with E-state index in [1.165, 1.54) is 11.1 Å². The summed E-state index contributed by atoms with van der Waals surface area (Å²) in [5, 5.41) is 17.3. The highest BCUT2D eigenvalue weighted by atomic mass is 35.5. The van der Waals surface area contributed by atoms with E-state index in [1.54, 1.807) is 67.6 Å². The normalized spacial score (nSPS) is 15.1. The topological polar surface area (TPSA) is 89.0 Å². The average molecular weight is 408 g/mol. The van der Waals surface area contributed by atoms with Crippen molar-refractivity contribution in [2.45, 2.75) is 6.92 Å². The number of benzene rings is 2. The molecule has 1 aromatic heterocycles. The number of hydrazone groups is 1. The van der Waals surface area contributed by atoms with Crippen LogP contribution in [-0.4, -0.2) is 16.5 Å². The molecule has 0 saturated carbocycles. The number of carbonyl (C=O) groups excluding carboxylic acids is 1. The lowest BCUT2D eigenvalue weighted by Crippen LogP contribution is -2.21. The van der Waals surface area contributed by atoms with Gasteiger partial charge in [-0.2, -0.15) is 10.1 Å². The molecule has 0 saturated heterocycles. The van der Waals surface area contributed by atoms with Crippen LogP contribution in [0.25, 0.3) is 17.4 Å². The molecule has 8 heteroatoms. The number of halogens is 1. The van der Waals surface area contributed by atoms with Gasteiger partial charge in [0.15, 0.2) is 0 Å². The van der Waals surface area contributed by atoms with Gasteiger partial charge >= 0.3 is 0 Å². The molecule has 0 spiro atoms. The summed E-state index contributed by atoms with van der Waals surface area (Å²) >= 11 is 6.01. The zero-order valence-electron chi connectivity index (χ0n) is 15.2. The third-order valence-electron chi connectivity index (χ3n) is 4.39. The Bertz CT molecular complexity index is 1200. The maximum absolute atomic E-state index is 12.8. The molecule has 1 amide bonds. The number of furan rings is 1. The van der Waals surface area contributed by atoms with E-state index in [-0.39, 0.29) is 11.6 Å². The summed E-state index contributed by atoms with van der Waals surface area (Å²) in [7, 11) is 0. The first-order chi connectivity index (χ1) is 13.9. The van der Waals surface area contributed by atoms with Gasteiger partial charge in [0.25, 0.3) is 11.6 Å². The van der Waals surface area contributed by atoms with E-state index in [1.807, 2.05) is 0 Å². The number of rotatable bonds is 4. The minimum Gasteiger partial charge on any atom is -0.456 e. The highest BCUT2D eigenvalue weighted by Gasteiger charge is 2.29. The molecule has 0 N–H and O–H groups in total. The molecule has 3 aromatic rings. The van der Waals surface area contributed by atoms with Crippen molar-refractivity contribution in [3.8, 4) is 11.3 Å². The van der Waals surface area contributed by atoms with Crippen molar-refractivity contribution >= 4 is 40.7 Å². The number of amides is 1. The number of para-hydroxylation sites is 1. The van der Waals surface area contributed by atoms with Crippen LogP contribution in [0.3, 0.4) is 0 Å². The van der Waals surface area contributed by atoms with Crippen LogP contribution in [0.1, 0.15) is 12.7 Å². The van der Waals surface area contributed by atoms with Crippen LogP contribution in [0.5, 0.6) is 0 Å². The maximum atomic E-state index is 12.8. The highest BCUT2D eigenvalue weighted by Crippen LogP contribution is 2.32. The van der Waals surface area contributed by atoms with E-state index < -0.39 is 4.92 Å².